The molecular weight excluding hydrogens is 296 g/mol. The van der Waals surface area contributed by atoms with Gasteiger partial charge in [0, 0.05) is 5.38 Å². The Morgan fingerprint density at radius 1 is 1.25 bits per heavy atom. The van der Waals surface area contributed by atoms with Crippen LogP contribution in [0.4, 0.5) is 0 Å². The molecule has 0 saturated heterocycles. The normalized spacial score (nSPS) is 12.9. The number of hydrogen-bond donors (Lipinski definition) is 2. The number of benzene rings is 1. The van der Waals surface area contributed by atoms with E-state index in [4.69, 9.17) is 5.14 Å². The second-order valence-electron chi connectivity index (χ2n) is 4.32. The Labute approximate surface area is 121 Å². The van der Waals surface area contributed by atoms with E-state index in [1.807, 2.05) is 12.3 Å². The van der Waals surface area contributed by atoms with Crippen molar-refractivity contribution in [2.24, 2.45) is 5.14 Å². The molecule has 0 saturated carbocycles. The molecule has 20 heavy (non-hydrogen) atoms. The summed E-state index contributed by atoms with van der Waals surface area (Å²) in [6.07, 6.45) is 0. The fourth-order valence-corrected chi connectivity index (χ4v) is 2.85. The molecule has 0 aliphatic rings. The number of rotatable bonds is 4. The van der Waals surface area contributed by atoms with Gasteiger partial charge >= 0.3 is 0 Å². The number of nitrogens with two attached hydrogens (primary N) is 1. The van der Waals surface area contributed by atoms with E-state index < -0.39 is 10.0 Å². The smallest absolute Gasteiger partial charge is 0.252 e. The third-order valence-corrected chi connectivity index (χ3v) is 4.45. The summed E-state index contributed by atoms with van der Waals surface area (Å²) in [7, 11) is -3.69. The maximum absolute atomic E-state index is 11.9. The molecule has 1 heterocycles. The number of amides is 1. The topological polar surface area (TPSA) is 89.3 Å². The molecule has 2 rings (SSSR count). The molecule has 2 aromatic rings. The second kappa shape index (κ2) is 5.74. The first-order valence-electron chi connectivity index (χ1n) is 5.84. The second-order valence-corrected chi connectivity index (χ2v) is 6.66. The van der Waals surface area contributed by atoms with Crippen LogP contribution in [0.15, 0.2) is 46.0 Å². The molecule has 3 N–H and O–H groups in total. The van der Waals surface area contributed by atoms with E-state index in [2.05, 4.69) is 5.32 Å². The maximum atomic E-state index is 11.9. The lowest BCUT2D eigenvalue weighted by Gasteiger charge is -2.14. The van der Waals surface area contributed by atoms with Gasteiger partial charge in [0.15, 0.2) is 0 Å². The third kappa shape index (κ3) is 3.44. The first kappa shape index (κ1) is 14.7. The van der Waals surface area contributed by atoms with Crippen LogP contribution in [0.1, 0.15) is 28.9 Å². The SMILES string of the molecule is C[C@@H](NC(=O)c1ccsc1)c1ccc(S(N)(=O)=O)cc1. The van der Waals surface area contributed by atoms with Gasteiger partial charge in [0.2, 0.25) is 10.0 Å². The molecule has 0 unspecified atom stereocenters. The lowest BCUT2D eigenvalue weighted by Crippen LogP contribution is -2.26. The molecule has 0 spiro atoms. The van der Waals surface area contributed by atoms with E-state index in [-0.39, 0.29) is 16.8 Å². The van der Waals surface area contributed by atoms with Gasteiger partial charge in [-0.25, -0.2) is 13.6 Å². The van der Waals surface area contributed by atoms with Crippen LogP contribution in [0.3, 0.4) is 0 Å². The lowest BCUT2D eigenvalue weighted by atomic mass is 10.1. The summed E-state index contributed by atoms with van der Waals surface area (Å²) in [5.41, 5.74) is 1.42. The minimum absolute atomic E-state index is 0.0533. The standard InChI is InChI=1S/C13H14N2O3S2/c1-9(15-13(16)11-6-7-19-8-11)10-2-4-12(5-3-10)20(14,17)18/h2-9H,1H3,(H,15,16)(H2,14,17,18)/t9-/m1/s1. The third-order valence-electron chi connectivity index (χ3n) is 2.84. The van der Waals surface area contributed by atoms with E-state index in [1.54, 1.807) is 23.6 Å². The summed E-state index contributed by atoms with van der Waals surface area (Å²) in [5.74, 6) is -0.158. The Balaban J connectivity index is 2.10. The van der Waals surface area contributed by atoms with Crippen molar-refractivity contribution in [3.8, 4) is 0 Å². The number of hydrogen-bond acceptors (Lipinski definition) is 4. The molecular formula is C13H14N2O3S2. The average molecular weight is 310 g/mol. The monoisotopic (exact) mass is 310 g/mol. The van der Waals surface area contributed by atoms with Crippen LogP contribution < -0.4 is 10.5 Å². The molecule has 106 valence electrons. The lowest BCUT2D eigenvalue weighted by molar-refractivity contribution is 0.0940. The quantitative estimate of drug-likeness (QED) is 0.903. The van der Waals surface area contributed by atoms with Crippen molar-refractivity contribution in [3.05, 3.63) is 52.2 Å². The Bertz CT molecular complexity index is 692. The summed E-state index contributed by atoms with van der Waals surface area (Å²) >= 11 is 1.45. The molecule has 1 atom stereocenters. The van der Waals surface area contributed by atoms with Crippen LogP contribution in [0.2, 0.25) is 0 Å². The van der Waals surface area contributed by atoms with Crippen molar-refractivity contribution >= 4 is 27.3 Å². The van der Waals surface area contributed by atoms with Crippen molar-refractivity contribution in [2.45, 2.75) is 17.9 Å². The fraction of sp³-hybridized carbons (Fsp3) is 0.154. The molecule has 0 aliphatic heterocycles. The summed E-state index contributed by atoms with van der Waals surface area (Å²) in [6, 6.07) is 7.65. The number of carbonyl (C=O) groups is 1. The van der Waals surface area contributed by atoms with Crippen molar-refractivity contribution in [1.82, 2.24) is 5.32 Å². The highest BCUT2D eigenvalue weighted by Gasteiger charge is 2.13. The molecule has 0 bridgehead atoms. The largest absolute Gasteiger partial charge is 0.345 e. The Kier molecular flexibility index (Phi) is 4.22. The number of sulfonamides is 1. The summed E-state index contributed by atoms with van der Waals surface area (Å²) < 4.78 is 22.3. The Morgan fingerprint density at radius 2 is 1.90 bits per heavy atom. The predicted octanol–water partition coefficient (Wildman–Crippen LogP) is 1.89. The summed E-state index contributed by atoms with van der Waals surface area (Å²) in [5, 5.41) is 11.5. The number of nitrogens with one attached hydrogen (secondary N) is 1. The van der Waals surface area contributed by atoms with Crippen molar-refractivity contribution < 1.29 is 13.2 Å². The van der Waals surface area contributed by atoms with Crippen molar-refractivity contribution in [3.63, 3.8) is 0 Å². The van der Waals surface area contributed by atoms with Crippen LogP contribution >= 0.6 is 11.3 Å². The first-order chi connectivity index (χ1) is 9.38. The Morgan fingerprint density at radius 3 is 2.40 bits per heavy atom. The van der Waals surface area contributed by atoms with Gasteiger partial charge in [-0.2, -0.15) is 11.3 Å². The summed E-state index contributed by atoms with van der Waals surface area (Å²) in [6.45, 7) is 1.83. The van der Waals surface area contributed by atoms with Crippen LogP contribution in [-0.2, 0) is 10.0 Å². The molecule has 0 fully saturated rings. The molecule has 1 amide bonds. The first-order valence-corrected chi connectivity index (χ1v) is 8.32. The van der Waals surface area contributed by atoms with Crippen LogP contribution in [-0.4, -0.2) is 14.3 Å². The maximum Gasteiger partial charge on any atom is 0.252 e. The van der Waals surface area contributed by atoms with E-state index >= 15 is 0 Å². The van der Waals surface area contributed by atoms with Crippen molar-refractivity contribution in [1.29, 1.82) is 0 Å². The van der Waals surface area contributed by atoms with Crippen LogP contribution in [0.25, 0.3) is 0 Å². The van der Waals surface area contributed by atoms with E-state index in [0.29, 0.717) is 5.56 Å². The van der Waals surface area contributed by atoms with Gasteiger partial charge in [-0.3, -0.25) is 4.79 Å². The van der Waals surface area contributed by atoms with Gasteiger partial charge in [-0.05, 0) is 36.1 Å². The zero-order valence-electron chi connectivity index (χ0n) is 10.7. The van der Waals surface area contributed by atoms with Gasteiger partial charge in [0.05, 0.1) is 16.5 Å². The molecule has 0 aliphatic carbocycles. The number of carbonyl (C=O) groups excluding carboxylic acids is 1. The van der Waals surface area contributed by atoms with E-state index in [1.165, 1.54) is 23.5 Å². The van der Waals surface area contributed by atoms with Crippen LogP contribution in [0.5, 0.6) is 0 Å². The highest BCUT2D eigenvalue weighted by Crippen LogP contribution is 2.16. The van der Waals surface area contributed by atoms with Gasteiger partial charge < -0.3 is 5.32 Å². The Hall–Kier alpha value is -1.70. The number of thiophene rings is 1. The number of primary sulfonamides is 1. The van der Waals surface area contributed by atoms with Gasteiger partial charge in [-0.15, -0.1) is 0 Å². The van der Waals surface area contributed by atoms with Gasteiger partial charge in [0.25, 0.3) is 5.91 Å². The van der Waals surface area contributed by atoms with Gasteiger partial charge in [0.1, 0.15) is 0 Å². The predicted molar refractivity (Wildman–Crippen MR) is 78.0 cm³/mol. The zero-order valence-corrected chi connectivity index (χ0v) is 12.4. The molecule has 0 radical (unpaired) electrons. The average Bonchev–Trinajstić information content (AvgIpc) is 2.91. The summed E-state index contributed by atoms with van der Waals surface area (Å²) in [4.78, 5) is 11.9. The zero-order chi connectivity index (χ0) is 14.8. The molecule has 7 heteroatoms. The minimum Gasteiger partial charge on any atom is -0.345 e. The fourth-order valence-electron chi connectivity index (χ4n) is 1.70. The van der Waals surface area contributed by atoms with E-state index in [9.17, 15) is 13.2 Å². The van der Waals surface area contributed by atoms with Crippen molar-refractivity contribution in [2.75, 3.05) is 0 Å². The molecule has 5 nitrogen and oxygen atoms in total. The highest BCUT2D eigenvalue weighted by molar-refractivity contribution is 7.89. The minimum atomic E-state index is -3.69. The van der Waals surface area contributed by atoms with E-state index in [0.717, 1.165) is 5.56 Å². The molecule has 1 aromatic carbocycles. The van der Waals surface area contributed by atoms with Crippen LogP contribution in [0, 0.1) is 0 Å². The van der Waals surface area contributed by atoms with Gasteiger partial charge in [-0.1, -0.05) is 12.1 Å². The highest BCUT2D eigenvalue weighted by atomic mass is 32.2. The molecule has 1 aromatic heterocycles.